The maximum absolute atomic E-state index is 13.5. The highest BCUT2D eigenvalue weighted by atomic mass is 19.1. The number of fused-ring (bicyclic) bond motifs is 1. The number of hydrogen-bond donors (Lipinski definition) is 1. The average Bonchev–Trinajstić information content (AvgIpc) is 3.04. The first kappa shape index (κ1) is 20.4. The summed E-state index contributed by atoms with van der Waals surface area (Å²) in [5.74, 6) is -0.553. The Hall–Kier alpha value is -2.86. The minimum Gasteiger partial charge on any atom is -0.508 e. The molecule has 1 fully saturated rings. The van der Waals surface area contributed by atoms with Gasteiger partial charge in [-0.15, -0.1) is 0 Å². The van der Waals surface area contributed by atoms with Gasteiger partial charge < -0.3 is 14.4 Å². The van der Waals surface area contributed by atoms with Crippen LogP contribution in [-0.2, 0) is 11.3 Å². The number of rotatable bonds is 5. The fraction of sp³-hybridized carbons (Fsp3) is 0.375. The normalized spacial score (nSPS) is 14.9. The number of likely N-dealkylation sites (tertiary alicyclic amines) is 1. The van der Waals surface area contributed by atoms with Crippen LogP contribution >= 0.6 is 0 Å². The van der Waals surface area contributed by atoms with Crippen LogP contribution in [-0.4, -0.2) is 40.2 Å². The quantitative estimate of drug-likeness (QED) is 0.605. The van der Waals surface area contributed by atoms with Crippen LogP contribution in [0, 0.1) is 12.7 Å². The number of phenols is 1. The van der Waals surface area contributed by atoms with Crippen LogP contribution < -0.4 is 0 Å². The topological polar surface area (TPSA) is 54.7 Å². The molecule has 2 aromatic carbocycles. The summed E-state index contributed by atoms with van der Waals surface area (Å²) in [5.41, 5.74) is 3.46. The van der Waals surface area contributed by atoms with Crippen LogP contribution in [0.1, 0.15) is 47.8 Å². The molecule has 4 rings (SSSR count). The highest BCUT2D eigenvalue weighted by Crippen LogP contribution is 2.37. The van der Waals surface area contributed by atoms with Gasteiger partial charge in [-0.25, -0.2) is 9.18 Å². The summed E-state index contributed by atoms with van der Waals surface area (Å²) >= 11 is 0. The molecule has 6 heteroatoms. The van der Waals surface area contributed by atoms with Crippen LogP contribution in [0.3, 0.4) is 0 Å². The Morgan fingerprint density at radius 2 is 1.80 bits per heavy atom. The highest BCUT2D eigenvalue weighted by molar-refractivity contribution is 6.08. The van der Waals surface area contributed by atoms with Gasteiger partial charge in [0, 0.05) is 28.9 Å². The number of phenolic OH excluding ortho intramolecular Hbond substituents is 1. The molecule has 0 spiro atoms. The molecule has 2 heterocycles. The van der Waals surface area contributed by atoms with E-state index in [1.54, 1.807) is 25.1 Å². The lowest BCUT2D eigenvalue weighted by atomic mass is 10.0. The van der Waals surface area contributed by atoms with Gasteiger partial charge in [0.2, 0.25) is 0 Å². The summed E-state index contributed by atoms with van der Waals surface area (Å²) < 4.78 is 20.8. The van der Waals surface area contributed by atoms with E-state index in [9.17, 15) is 14.3 Å². The minimum absolute atomic E-state index is 0.176. The van der Waals surface area contributed by atoms with Gasteiger partial charge in [-0.2, -0.15) is 0 Å². The van der Waals surface area contributed by atoms with Crippen LogP contribution in [0.2, 0.25) is 0 Å². The Bertz CT molecular complexity index is 1070. The van der Waals surface area contributed by atoms with Crippen molar-refractivity contribution in [2.75, 3.05) is 19.7 Å². The summed E-state index contributed by atoms with van der Waals surface area (Å²) in [7, 11) is 0. The van der Waals surface area contributed by atoms with Crippen molar-refractivity contribution in [1.29, 1.82) is 0 Å². The van der Waals surface area contributed by atoms with Gasteiger partial charge in [-0.1, -0.05) is 6.42 Å². The number of aromatic nitrogens is 1. The van der Waals surface area contributed by atoms with Crippen molar-refractivity contribution in [2.45, 2.75) is 39.7 Å². The molecule has 0 radical (unpaired) electrons. The number of aromatic hydroxyl groups is 1. The molecule has 158 valence electrons. The molecule has 1 aliphatic heterocycles. The van der Waals surface area contributed by atoms with E-state index in [4.69, 9.17) is 4.74 Å². The number of hydrogen-bond acceptors (Lipinski definition) is 4. The molecule has 0 atom stereocenters. The Kier molecular flexibility index (Phi) is 5.77. The summed E-state index contributed by atoms with van der Waals surface area (Å²) in [6, 6.07) is 9.67. The molecule has 1 aliphatic rings. The van der Waals surface area contributed by atoms with Crippen LogP contribution in [0.5, 0.6) is 5.75 Å². The number of nitrogens with zero attached hydrogens (tertiary/aromatic N) is 2. The fourth-order valence-corrected chi connectivity index (χ4v) is 4.44. The summed E-state index contributed by atoms with van der Waals surface area (Å²) in [5, 5.41) is 11.5. The van der Waals surface area contributed by atoms with Gasteiger partial charge in [-0.3, -0.25) is 4.90 Å². The van der Waals surface area contributed by atoms with E-state index in [-0.39, 0.29) is 18.2 Å². The third-order valence-corrected chi connectivity index (χ3v) is 5.85. The number of benzene rings is 2. The monoisotopic (exact) mass is 410 g/mol. The molecule has 0 aliphatic carbocycles. The maximum Gasteiger partial charge on any atom is 0.340 e. The van der Waals surface area contributed by atoms with E-state index in [2.05, 4.69) is 4.90 Å². The van der Waals surface area contributed by atoms with Crippen molar-refractivity contribution in [3.63, 3.8) is 0 Å². The van der Waals surface area contributed by atoms with E-state index >= 15 is 0 Å². The largest absolute Gasteiger partial charge is 0.508 e. The molecule has 1 N–H and O–H groups in total. The average molecular weight is 410 g/mol. The standard InChI is InChI=1S/C24H27FN2O3/c1-3-30-24(29)22-16(2)27(18-9-7-17(25)8-10-18)20-11-12-21(28)19(23(20)22)15-26-13-5-4-6-14-26/h7-12,28H,3-6,13-15H2,1-2H3. The van der Waals surface area contributed by atoms with E-state index < -0.39 is 5.97 Å². The van der Waals surface area contributed by atoms with Crippen molar-refractivity contribution >= 4 is 16.9 Å². The number of halogens is 1. The van der Waals surface area contributed by atoms with Crippen LogP contribution in [0.4, 0.5) is 4.39 Å². The van der Waals surface area contributed by atoms with E-state index in [0.717, 1.165) is 42.7 Å². The predicted molar refractivity (Wildman–Crippen MR) is 115 cm³/mol. The minimum atomic E-state index is -0.411. The second-order valence-corrected chi connectivity index (χ2v) is 7.79. The Morgan fingerprint density at radius 1 is 1.10 bits per heavy atom. The summed E-state index contributed by atoms with van der Waals surface area (Å²) in [6.45, 7) is 6.42. The molecule has 1 aromatic heterocycles. The summed E-state index contributed by atoms with van der Waals surface area (Å²) in [6.07, 6.45) is 3.50. The van der Waals surface area contributed by atoms with E-state index in [0.29, 0.717) is 23.2 Å². The van der Waals surface area contributed by atoms with Gasteiger partial charge in [0.05, 0.1) is 17.7 Å². The molecule has 0 unspecified atom stereocenters. The Morgan fingerprint density at radius 3 is 2.47 bits per heavy atom. The lowest BCUT2D eigenvalue weighted by Gasteiger charge is -2.27. The van der Waals surface area contributed by atoms with E-state index in [1.165, 1.54) is 18.6 Å². The van der Waals surface area contributed by atoms with Crippen molar-refractivity contribution in [3.05, 3.63) is 59.0 Å². The molecule has 5 nitrogen and oxygen atoms in total. The first-order valence-corrected chi connectivity index (χ1v) is 10.5. The molecule has 1 saturated heterocycles. The predicted octanol–water partition coefficient (Wildman–Crippen LogP) is 4.95. The number of piperidine rings is 1. The highest BCUT2D eigenvalue weighted by Gasteiger charge is 2.26. The SMILES string of the molecule is CCOC(=O)c1c(C)n(-c2ccc(F)cc2)c2ccc(O)c(CN3CCCCC3)c12. The number of ether oxygens (including phenoxy) is 1. The lowest BCUT2D eigenvalue weighted by Crippen LogP contribution is -2.29. The second-order valence-electron chi connectivity index (χ2n) is 7.79. The van der Waals surface area contributed by atoms with Crippen molar-refractivity contribution < 1.29 is 19.0 Å². The first-order valence-electron chi connectivity index (χ1n) is 10.5. The van der Waals surface area contributed by atoms with Gasteiger partial charge in [0.15, 0.2) is 0 Å². The van der Waals surface area contributed by atoms with Gasteiger partial charge in [0.1, 0.15) is 11.6 Å². The molecular weight excluding hydrogens is 383 g/mol. The molecule has 0 bridgehead atoms. The summed E-state index contributed by atoms with van der Waals surface area (Å²) in [4.78, 5) is 15.3. The molecule has 30 heavy (non-hydrogen) atoms. The zero-order valence-electron chi connectivity index (χ0n) is 17.4. The maximum atomic E-state index is 13.5. The first-order chi connectivity index (χ1) is 14.5. The smallest absolute Gasteiger partial charge is 0.340 e. The number of carbonyl (C=O) groups is 1. The van der Waals surface area contributed by atoms with Gasteiger partial charge in [-0.05, 0) is 76.2 Å². The van der Waals surface area contributed by atoms with Crippen LogP contribution in [0.25, 0.3) is 16.6 Å². The number of carbonyl (C=O) groups excluding carboxylic acids is 1. The van der Waals surface area contributed by atoms with Crippen molar-refractivity contribution in [1.82, 2.24) is 9.47 Å². The molecule has 3 aromatic rings. The molecule has 0 saturated carbocycles. The zero-order chi connectivity index (χ0) is 21.3. The van der Waals surface area contributed by atoms with E-state index in [1.807, 2.05) is 17.6 Å². The van der Waals surface area contributed by atoms with Crippen LogP contribution in [0.15, 0.2) is 36.4 Å². The molecular formula is C24H27FN2O3. The Balaban J connectivity index is 1.95. The third-order valence-electron chi connectivity index (χ3n) is 5.85. The number of esters is 1. The zero-order valence-corrected chi connectivity index (χ0v) is 17.4. The third kappa shape index (κ3) is 3.67. The lowest BCUT2D eigenvalue weighted by molar-refractivity contribution is 0.0527. The van der Waals surface area contributed by atoms with Gasteiger partial charge in [0.25, 0.3) is 0 Å². The van der Waals surface area contributed by atoms with Gasteiger partial charge >= 0.3 is 5.97 Å². The second kappa shape index (κ2) is 8.48. The Labute approximate surface area is 175 Å². The molecule has 0 amide bonds. The fourth-order valence-electron chi connectivity index (χ4n) is 4.44. The van der Waals surface area contributed by atoms with Crippen molar-refractivity contribution in [3.8, 4) is 11.4 Å². The van der Waals surface area contributed by atoms with Crippen molar-refractivity contribution in [2.24, 2.45) is 0 Å².